The molecule has 2 nitrogen and oxygen atoms in total. The Bertz CT molecular complexity index is 236. The average molecular weight is 237 g/mol. The van der Waals surface area contributed by atoms with Gasteiger partial charge in [0.2, 0.25) is 0 Å². The van der Waals surface area contributed by atoms with Crippen molar-refractivity contribution >= 4 is 5.91 Å². The van der Waals surface area contributed by atoms with Crippen LogP contribution in [0.5, 0.6) is 0 Å². The van der Waals surface area contributed by atoms with Gasteiger partial charge in [-0.15, -0.1) is 0 Å². The zero-order chi connectivity index (χ0) is 12.6. The van der Waals surface area contributed by atoms with Gasteiger partial charge in [-0.25, -0.2) is 0 Å². The van der Waals surface area contributed by atoms with E-state index in [1.165, 1.54) is 0 Å². The van der Waals surface area contributed by atoms with Gasteiger partial charge in [0, 0.05) is 6.04 Å². The Balaban J connectivity index is 4.17. The summed E-state index contributed by atoms with van der Waals surface area (Å²) in [5, 5.41) is 1.97. The molecule has 5 heteroatoms. The van der Waals surface area contributed by atoms with Crippen LogP contribution in [0.3, 0.4) is 0 Å². The van der Waals surface area contributed by atoms with Crippen LogP contribution in [0.25, 0.3) is 0 Å². The Labute approximate surface area is 93.9 Å². The van der Waals surface area contributed by atoms with Crippen molar-refractivity contribution in [3.63, 3.8) is 0 Å². The highest BCUT2D eigenvalue weighted by atomic mass is 19.4. The van der Waals surface area contributed by atoms with E-state index < -0.39 is 18.1 Å². The minimum absolute atomic E-state index is 0.523. The van der Waals surface area contributed by atoms with Gasteiger partial charge in [0.25, 0.3) is 0 Å². The first-order chi connectivity index (χ1) is 7.41. The summed E-state index contributed by atoms with van der Waals surface area (Å²) < 4.78 is 36.0. The maximum atomic E-state index is 12.0. The van der Waals surface area contributed by atoms with E-state index in [9.17, 15) is 18.0 Å². The number of amides is 1. The molecular formula is C11H18F3NO. The van der Waals surface area contributed by atoms with Crippen LogP contribution >= 0.6 is 0 Å². The zero-order valence-corrected chi connectivity index (χ0v) is 9.60. The predicted octanol–water partition coefficient (Wildman–Crippen LogP) is 3.19. The molecule has 0 fully saturated rings. The van der Waals surface area contributed by atoms with Gasteiger partial charge in [-0.3, -0.25) is 4.79 Å². The summed E-state index contributed by atoms with van der Waals surface area (Å²) >= 11 is 0. The number of carbonyl (C=O) groups excluding carboxylic acids is 1. The van der Waals surface area contributed by atoms with Gasteiger partial charge in [0.15, 0.2) is 0 Å². The van der Waals surface area contributed by atoms with Crippen LogP contribution in [-0.2, 0) is 4.79 Å². The van der Waals surface area contributed by atoms with E-state index in [-0.39, 0.29) is 0 Å². The monoisotopic (exact) mass is 237 g/mol. The number of carbonyl (C=O) groups is 1. The van der Waals surface area contributed by atoms with Crippen LogP contribution in [0.1, 0.15) is 39.5 Å². The number of hydrogen-bond acceptors (Lipinski definition) is 1. The van der Waals surface area contributed by atoms with Crippen LogP contribution in [0.15, 0.2) is 12.2 Å². The average Bonchev–Trinajstić information content (AvgIpc) is 2.16. The van der Waals surface area contributed by atoms with Crippen LogP contribution in [0.4, 0.5) is 13.2 Å². The summed E-state index contributed by atoms with van der Waals surface area (Å²) in [7, 11) is 0. The fourth-order valence-electron chi connectivity index (χ4n) is 1.31. The Hall–Kier alpha value is -1.00. The minimum atomic E-state index is -4.80. The minimum Gasteiger partial charge on any atom is -0.342 e. The fourth-order valence-corrected chi connectivity index (χ4v) is 1.31. The quantitative estimate of drug-likeness (QED) is 0.558. The first-order valence-electron chi connectivity index (χ1n) is 5.42. The second kappa shape index (κ2) is 7.30. The van der Waals surface area contributed by atoms with Crippen molar-refractivity contribution < 1.29 is 18.0 Å². The number of halogens is 3. The Morgan fingerprint density at radius 2 is 2.00 bits per heavy atom. The second-order valence-electron chi connectivity index (χ2n) is 3.60. The number of alkyl halides is 3. The topological polar surface area (TPSA) is 29.1 Å². The maximum Gasteiger partial charge on any atom is 0.471 e. The largest absolute Gasteiger partial charge is 0.471 e. The van der Waals surface area contributed by atoms with E-state index in [2.05, 4.69) is 0 Å². The molecule has 1 N–H and O–H groups in total. The SMILES string of the molecule is C/C=C/[C@@H](CCCCC)NC(=O)C(F)(F)F. The third kappa shape index (κ3) is 6.48. The van der Waals surface area contributed by atoms with E-state index >= 15 is 0 Å². The molecule has 0 aromatic rings. The first-order valence-corrected chi connectivity index (χ1v) is 5.42. The summed E-state index contributed by atoms with van der Waals surface area (Å²) in [5.74, 6) is -1.87. The van der Waals surface area contributed by atoms with Gasteiger partial charge in [-0.2, -0.15) is 13.2 Å². The third-order valence-electron chi connectivity index (χ3n) is 2.12. The molecule has 16 heavy (non-hydrogen) atoms. The molecule has 0 spiro atoms. The van der Waals surface area contributed by atoms with Crippen molar-refractivity contribution in [3.05, 3.63) is 12.2 Å². The number of rotatable bonds is 6. The first kappa shape index (κ1) is 15.0. The van der Waals surface area contributed by atoms with Crippen molar-refractivity contribution in [3.8, 4) is 0 Å². The number of hydrogen-bond donors (Lipinski definition) is 1. The predicted molar refractivity (Wildman–Crippen MR) is 56.9 cm³/mol. The lowest BCUT2D eigenvalue weighted by Gasteiger charge is -2.16. The lowest BCUT2D eigenvalue weighted by molar-refractivity contribution is -0.174. The fraction of sp³-hybridized carbons (Fsp3) is 0.727. The Morgan fingerprint density at radius 1 is 1.38 bits per heavy atom. The molecule has 0 heterocycles. The van der Waals surface area contributed by atoms with Crippen LogP contribution in [0, 0.1) is 0 Å². The van der Waals surface area contributed by atoms with Crippen molar-refractivity contribution in [1.82, 2.24) is 5.32 Å². The molecule has 0 aliphatic carbocycles. The molecule has 0 aliphatic rings. The van der Waals surface area contributed by atoms with Gasteiger partial charge in [0.1, 0.15) is 0 Å². The van der Waals surface area contributed by atoms with Crippen LogP contribution < -0.4 is 5.32 Å². The molecule has 0 aromatic carbocycles. The molecule has 1 amide bonds. The molecule has 0 bridgehead atoms. The molecule has 0 saturated carbocycles. The van der Waals surface area contributed by atoms with E-state index in [0.29, 0.717) is 6.42 Å². The molecule has 94 valence electrons. The highest BCUT2D eigenvalue weighted by molar-refractivity contribution is 5.82. The van der Waals surface area contributed by atoms with Gasteiger partial charge in [-0.1, -0.05) is 38.3 Å². The van der Waals surface area contributed by atoms with E-state index in [4.69, 9.17) is 0 Å². The van der Waals surface area contributed by atoms with Crippen LogP contribution in [0.2, 0.25) is 0 Å². The zero-order valence-electron chi connectivity index (χ0n) is 9.60. The van der Waals surface area contributed by atoms with E-state index in [1.54, 1.807) is 19.1 Å². The standard InChI is InChI=1S/C11H18F3NO/c1-3-5-6-8-9(7-4-2)15-10(16)11(12,13)14/h4,7,9H,3,5-6,8H2,1-2H3,(H,15,16)/b7-4+/t9-/m0/s1. The lowest BCUT2D eigenvalue weighted by Crippen LogP contribution is -2.42. The van der Waals surface area contributed by atoms with E-state index in [0.717, 1.165) is 19.3 Å². The van der Waals surface area contributed by atoms with Crippen molar-refractivity contribution in [2.24, 2.45) is 0 Å². The van der Waals surface area contributed by atoms with Gasteiger partial charge >= 0.3 is 12.1 Å². The van der Waals surface area contributed by atoms with Crippen molar-refractivity contribution in [2.45, 2.75) is 51.7 Å². The van der Waals surface area contributed by atoms with Crippen LogP contribution in [-0.4, -0.2) is 18.1 Å². The number of nitrogens with one attached hydrogen (secondary N) is 1. The molecule has 0 saturated heterocycles. The third-order valence-corrected chi connectivity index (χ3v) is 2.12. The summed E-state index contributed by atoms with van der Waals surface area (Å²) in [6, 6.07) is -0.523. The second-order valence-corrected chi connectivity index (χ2v) is 3.60. The molecule has 0 radical (unpaired) electrons. The lowest BCUT2D eigenvalue weighted by atomic mass is 10.1. The number of unbranched alkanes of at least 4 members (excludes halogenated alkanes) is 2. The molecular weight excluding hydrogens is 219 g/mol. The maximum absolute atomic E-state index is 12.0. The van der Waals surface area contributed by atoms with Gasteiger partial charge in [0.05, 0.1) is 0 Å². The summed E-state index contributed by atoms with van der Waals surface area (Å²) in [6.07, 6.45) is 1.73. The molecule has 0 aliphatic heterocycles. The smallest absolute Gasteiger partial charge is 0.342 e. The normalized spacial score (nSPS) is 14.1. The van der Waals surface area contributed by atoms with E-state index in [1.807, 2.05) is 12.2 Å². The summed E-state index contributed by atoms with van der Waals surface area (Å²) in [5.41, 5.74) is 0. The Morgan fingerprint density at radius 3 is 2.44 bits per heavy atom. The van der Waals surface area contributed by atoms with Crippen molar-refractivity contribution in [2.75, 3.05) is 0 Å². The molecule has 0 unspecified atom stereocenters. The summed E-state index contributed by atoms with van der Waals surface area (Å²) in [4.78, 5) is 10.7. The summed E-state index contributed by atoms with van der Waals surface area (Å²) in [6.45, 7) is 3.73. The van der Waals surface area contributed by atoms with Crippen molar-refractivity contribution in [1.29, 1.82) is 0 Å². The Kier molecular flexibility index (Phi) is 6.85. The highest BCUT2D eigenvalue weighted by Gasteiger charge is 2.39. The molecule has 1 atom stereocenters. The molecule has 0 rings (SSSR count). The number of allylic oxidation sites excluding steroid dienone is 1. The van der Waals surface area contributed by atoms with Gasteiger partial charge < -0.3 is 5.32 Å². The molecule has 0 aromatic heterocycles. The van der Waals surface area contributed by atoms with Gasteiger partial charge in [-0.05, 0) is 13.3 Å². The highest BCUT2D eigenvalue weighted by Crippen LogP contribution is 2.15.